The zero-order chi connectivity index (χ0) is 41.0. The lowest BCUT2D eigenvalue weighted by molar-refractivity contribution is 1.18. The van der Waals surface area contributed by atoms with E-state index in [2.05, 4.69) is 241 Å². The normalized spacial score (nSPS) is 11.5. The van der Waals surface area contributed by atoms with Crippen molar-refractivity contribution in [2.45, 2.75) is 0 Å². The van der Waals surface area contributed by atoms with Crippen LogP contribution >= 0.6 is 11.3 Å². The smallest absolute Gasteiger partial charge is 0.0541 e. The summed E-state index contributed by atoms with van der Waals surface area (Å²) in [5, 5.41) is 5.07. The van der Waals surface area contributed by atoms with Crippen LogP contribution in [0.25, 0.3) is 114 Å². The van der Waals surface area contributed by atoms with Crippen molar-refractivity contribution < 1.29 is 0 Å². The van der Waals surface area contributed by atoms with E-state index in [0.29, 0.717) is 0 Å². The average Bonchev–Trinajstić information content (AvgIpc) is 3.89. The summed E-state index contributed by atoms with van der Waals surface area (Å²) in [6, 6.07) is 86.9. The number of hydrogen-bond acceptors (Lipinski definition) is 1. The van der Waals surface area contributed by atoms with E-state index in [1.54, 1.807) is 0 Å². The predicted molar refractivity (Wildman–Crippen MR) is 266 cm³/mol. The lowest BCUT2D eigenvalue weighted by atomic mass is 9.91. The molecule has 0 aliphatic heterocycles. The van der Waals surface area contributed by atoms with Crippen LogP contribution in [0.3, 0.4) is 0 Å². The number of nitrogens with zero attached hydrogens (tertiary/aromatic N) is 1. The van der Waals surface area contributed by atoms with Gasteiger partial charge in [-0.3, -0.25) is 0 Å². The van der Waals surface area contributed by atoms with Gasteiger partial charge < -0.3 is 4.57 Å². The van der Waals surface area contributed by atoms with Gasteiger partial charge in [0.1, 0.15) is 0 Å². The molecule has 0 atom stereocenters. The lowest BCUT2D eigenvalue weighted by Gasteiger charge is -2.13. The zero-order valence-corrected chi connectivity index (χ0v) is 34.7. The van der Waals surface area contributed by atoms with Crippen molar-refractivity contribution in [1.82, 2.24) is 4.57 Å². The Bertz CT molecular complexity index is 3600. The molecule has 0 fully saturated rings. The van der Waals surface area contributed by atoms with Gasteiger partial charge in [0, 0.05) is 36.6 Å². The lowest BCUT2D eigenvalue weighted by Crippen LogP contribution is -1.93. The number of thiophene rings is 1. The molecule has 290 valence electrons. The molecular formula is C60H39NS. The third kappa shape index (κ3) is 6.41. The quantitative estimate of drug-likeness (QED) is 0.151. The largest absolute Gasteiger partial charge is 0.309 e. The fourth-order valence-electron chi connectivity index (χ4n) is 9.27. The van der Waals surface area contributed by atoms with Crippen LogP contribution in [0, 0.1) is 0 Å². The first-order valence-electron chi connectivity index (χ1n) is 21.2. The molecule has 0 aliphatic rings. The number of aromatic nitrogens is 1. The Labute approximate surface area is 365 Å². The van der Waals surface area contributed by atoms with E-state index >= 15 is 0 Å². The fraction of sp³-hybridized carbons (Fsp3) is 0. The van der Waals surface area contributed by atoms with Gasteiger partial charge in [-0.2, -0.15) is 0 Å². The van der Waals surface area contributed by atoms with Gasteiger partial charge in [0.15, 0.2) is 0 Å². The first-order chi connectivity index (χ1) is 30.7. The van der Waals surface area contributed by atoms with Gasteiger partial charge in [-0.1, -0.05) is 152 Å². The number of benzene rings is 10. The van der Waals surface area contributed by atoms with Crippen molar-refractivity contribution in [3.05, 3.63) is 237 Å². The minimum atomic E-state index is 1.16. The van der Waals surface area contributed by atoms with Crippen LogP contribution in [0.2, 0.25) is 0 Å². The second-order valence-corrected chi connectivity index (χ2v) is 17.2. The summed E-state index contributed by atoms with van der Waals surface area (Å²) in [6.07, 6.45) is 0. The Balaban J connectivity index is 1.06. The topological polar surface area (TPSA) is 4.93 Å². The molecule has 0 amide bonds. The van der Waals surface area contributed by atoms with Crippen LogP contribution < -0.4 is 0 Å². The van der Waals surface area contributed by atoms with Crippen molar-refractivity contribution in [2.75, 3.05) is 0 Å². The highest BCUT2D eigenvalue weighted by molar-refractivity contribution is 7.25. The van der Waals surface area contributed by atoms with Gasteiger partial charge in [-0.15, -0.1) is 11.3 Å². The number of para-hydroxylation sites is 1. The molecule has 0 aliphatic carbocycles. The van der Waals surface area contributed by atoms with Gasteiger partial charge in [-0.05, 0) is 152 Å². The highest BCUT2D eigenvalue weighted by atomic mass is 32.1. The Morgan fingerprint density at radius 2 is 0.548 bits per heavy atom. The van der Waals surface area contributed by atoms with Crippen molar-refractivity contribution >= 4 is 53.3 Å². The van der Waals surface area contributed by atoms with Crippen LogP contribution in [0.1, 0.15) is 0 Å². The Kier molecular flexibility index (Phi) is 8.76. The first-order valence-corrected chi connectivity index (χ1v) is 22.0. The summed E-state index contributed by atoms with van der Waals surface area (Å²) in [6.45, 7) is 0. The highest BCUT2D eigenvalue weighted by Gasteiger charge is 2.17. The predicted octanol–water partition coefficient (Wildman–Crippen LogP) is 17.2. The van der Waals surface area contributed by atoms with E-state index in [-0.39, 0.29) is 0 Å². The van der Waals surface area contributed by atoms with Crippen molar-refractivity contribution in [3.63, 3.8) is 0 Å². The number of rotatable bonds is 7. The standard InChI is InChI=1S/C60H39NS/c1-5-14-40(15-6-1)43-20-13-21-44(32-43)49-33-50(35-51(34-49)48-27-31-60-56(39-48)55-38-46(26-30-59(55)62-60)42-18-9-3-10-19-42)47-25-29-58-54(37-47)53-36-45(41-16-7-2-8-17-41)24-28-57(53)61(58)52-22-11-4-12-23-52/h1-39H. The molecule has 2 aromatic heterocycles. The van der Waals surface area contributed by atoms with Crippen molar-refractivity contribution in [2.24, 2.45) is 0 Å². The molecule has 0 saturated heterocycles. The summed E-state index contributed by atoms with van der Waals surface area (Å²) in [5.74, 6) is 0. The van der Waals surface area contributed by atoms with Crippen LogP contribution in [-0.4, -0.2) is 4.57 Å². The molecule has 0 spiro atoms. The summed E-state index contributed by atoms with van der Waals surface area (Å²) in [4.78, 5) is 0. The van der Waals surface area contributed by atoms with Gasteiger partial charge in [-0.25, -0.2) is 0 Å². The van der Waals surface area contributed by atoms with E-state index in [4.69, 9.17) is 0 Å². The summed E-state index contributed by atoms with van der Waals surface area (Å²) in [5.41, 5.74) is 18.0. The fourth-order valence-corrected chi connectivity index (χ4v) is 10.3. The highest BCUT2D eigenvalue weighted by Crippen LogP contribution is 2.42. The van der Waals surface area contributed by atoms with Gasteiger partial charge in [0.05, 0.1) is 11.0 Å². The SMILES string of the molecule is c1ccc(-c2cccc(-c3cc(-c4ccc5sc6ccc(-c7ccccc7)cc6c5c4)cc(-c4ccc5c(c4)c4cc(-c6ccccc6)ccc4n5-c4ccccc4)c3)c2)cc1. The third-order valence-corrected chi connectivity index (χ3v) is 13.5. The molecule has 0 radical (unpaired) electrons. The Morgan fingerprint density at radius 3 is 1.00 bits per heavy atom. The first kappa shape index (κ1) is 36.1. The zero-order valence-electron chi connectivity index (χ0n) is 33.9. The molecule has 10 aromatic carbocycles. The maximum absolute atomic E-state index is 2.41. The van der Waals surface area contributed by atoms with E-state index in [1.165, 1.54) is 109 Å². The van der Waals surface area contributed by atoms with E-state index in [0.717, 1.165) is 5.69 Å². The minimum Gasteiger partial charge on any atom is -0.309 e. The van der Waals surface area contributed by atoms with Crippen molar-refractivity contribution in [1.29, 1.82) is 0 Å². The summed E-state index contributed by atoms with van der Waals surface area (Å²) < 4.78 is 5.02. The second kappa shape index (κ2) is 15.0. The van der Waals surface area contributed by atoms with Crippen LogP contribution in [-0.2, 0) is 0 Å². The maximum atomic E-state index is 2.41. The molecule has 0 bridgehead atoms. The van der Waals surface area contributed by atoms with E-state index < -0.39 is 0 Å². The minimum absolute atomic E-state index is 1.16. The van der Waals surface area contributed by atoms with Gasteiger partial charge in [0.2, 0.25) is 0 Å². The molecule has 12 rings (SSSR count). The number of fused-ring (bicyclic) bond motifs is 6. The van der Waals surface area contributed by atoms with Crippen molar-refractivity contribution in [3.8, 4) is 72.4 Å². The van der Waals surface area contributed by atoms with Crippen LogP contribution in [0.5, 0.6) is 0 Å². The van der Waals surface area contributed by atoms with Crippen LogP contribution in [0.4, 0.5) is 0 Å². The van der Waals surface area contributed by atoms with Gasteiger partial charge >= 0.3 is 0 Å². The van der Waals surface area contributed by atoms with E-state index in [1.807, 2.05) is 11.3 Å². The molecule has 1 nitrogen and oxygen atoms in total. The molecule has 2 heteroatoms. The van der Waals surface area contributed by atoms with Crippen LogP contribution in [0.15, 0.2) is 237 Å². The Hall–Kier alpha value is -7.78. The second-order valence-electron chi connectivity index (χ2n) is 16.1. The molecule has 0 saturated carbocycles. The third-order valence-electron chi connectivity index (χ3n) is 12.4. The average molecular weight is 806 g/mol. The number of hydrogen-bond donors (Lipinski definition) is 0. The summed E-state index contributed by atoms with van der Waals surface area (Å²) >= 11 is 1.87. The maximum Gasteiger partial charge on any atom is 0.0541 e. The molecule has 0 N–H and O–H groups in total. The monoisotopic (exact) mass is 805 g/mol. The molecular weight excluding hydrogens is 767 g/mol. The Morgan fingerprint density at radius 1 is 0.226 bits per heavy atom. The van der Waals surface area contributed by atoms with E-state index in [9.17, 15) is 0 Å². The molecule has 0 unspecified atom stereocenters. The molecule has 2 heterocycles. The molecule has 62 heavy (non-hydrogen) atoms. The molecule has 12 aromatic rings. The summed E-state index contributed by atoms with van der Waals surface area (Å²) in [7, 11) is 0. The van der Waals surface area contributed by atoms with Gasteiger partial charge in [0.25, 0.3) is 0 Å².